The molecule has 1 saturated heterocycles. The van der Waals surface area contributed by atoms with E-state index >= 15 is 0 Å². The van der Waals surface area contributed by atoms with Crippen molar-refractivity contribution >= 4 is 5.91 Å². The summed E-state index contributed by atoms with van der Waals surface area (Å²) in [4.78, 5) is 13.8. The first-order valence-corrected chi connectivity index (χ1v) is 5.95. The molecule has 0 spiro atoms. The molecule has 2 rings (SSSR count). The van der Waals surface area contributed by atoms with E-state index in [1.54, 1.807) is 0 Å². The van der Waals surface area contributed by atoms with Crippen LogP contribution in [0.5, 0.6) is 0 Å². The Morgan fingerprint density at radius 1 is 1.27 bits per heavy atom. The van der Waals surface area contributed by atoms with Gasteiger partial charge in [0, 0.05) is 18.6 Å². The highest BCUT2D eigenvalue weighted by molar-refractivity contribution is 5.84. The SMILES string of the molecule is CNC1CCC(N2CCC(N)C2=O)CC1. The fourth-order valence-electron chi connectivity index (χ4n) is 2.76. The molecule has 4 nitrogen and oxygen atoms in total. The average Bonchev–Trinajstić information content (AvgIpc) is 2.60. The maximum atomic E-state index is 11.7. The molecule has 86 valence electrons. The highest BCUT2D eigenvalue weighted by atomic mass is 16.2. The lowest BCUT2D eigenvalue weighted by molar-refractivity contribution is -0.131. The number of rotatable bonds is 2. The van der Waals surface area contributed by atoms with E-state index in [2.05, 4.69) is 5.32 Å². The molecule has 1 saturated carbocycles. The highest BCUT2D eigenvalue weighted by Gasteiger charge is 2.35. The van der Waals surface area contributed by atoms with Crippen molar-refractivity contribution in [3.05, 3.63) is 0 Å². The van der Waals surface area contributed by atoms with Gasteiger partial charge in [0.15, 0.2) is 0 Å². The topological polar surface area (TPSA) is 58.4 Å². The van der Waals surface area contributed by atoms with Crippen molar-refractivity contribution in [2.75, 3.05) is 13.6 Å². The number of carbonyl (C=O) groups excluding carboxylic acids is 1. The first-order valence-electron chi connectivity index (χ1n) is 5.95. The molecular weight excluding hydrogens is 190 g/mol. The van der Waals surface area contributed by atoms with Gasteiger partial charge in [0.25, 0.3) is 0 Å². The molecular formula is C11H21N3O. The van der Waals surface area contributed by atoms with Crippen LogP contribution in [0.4, 0.5) is 0 Å². The van der Waals surface area contributed by atoms with E-state index in [4.69, 9.17) is 5.73 Å². The van der Waals surface area contributed by atoms with Gasteiger partial charge in [-0.05, 0) is 39.2 Å². The van der Waals surface area contributed by atoms with Gasteiger partial charge in [-0.2, -0.15) is 0 Å². The summed E-state index contributed by atoms with van der Waals surface area (Å²) in [5.74, 6) is 0.169. The normalized spacial score (nSPS) is 37.3. The Kier molecular flexibility index (Phi) is 3.26. The van der Waals surface area contributed by atoms with Crippen molar-refractivity contribution in [2.45, 2.75) is 50.2 Å². The van der Waals surface area contributed by atoms with Gasteiger partial charge in [0.1, 0.15) is 0 Å². The summed E-state index contributed by atoms with van der Waals surface area (Å²) in [5.41, 5.74) is 5.73. The van der Waals surface area contributed by atoms with E-state index < -0.39 is 0 Å². The minimum atomic E-state index is -0.230. The number of carbonyl (C=O) groups is 1. The molecule has 1 aliphatic heterocycles. The van der Waals surface area contributed by atoms with Gasteiger partial charge in [-0.25, -0.2) is 0 Å². The van der Waals surface area contributed by atoms with Crippen molar-refractivity contribution in [1.29, 1.82) is 0 Å². The second-order valence-electron chi connectivity index (χ2n) is 4.72. The van der Waals surface area contributed by atoms with Gasteiger partial charge < -0.3 is 16.0 Å². The van der Waals surface area contributed by atoms with Crippen molar-refractivity contribution in [3.63, 3.8) is 0 Å². The van der Waals surface area contributed by atoms with E-state index in [0.29, 0.717) is 12.1 Å². The van der Waals surface area contributed by atoms with Crippen LogP contribution in [0, 0.1) is 0 Å². The van der Waals surface area contributed by atoms with Gasteiger partial charge >= 0.3 is 0 Å². The lowest BCUT2D eigenvalue weighted by Gasteiger charge is -2.34. The Balaban J connectivity index is 1.88. The number of hydrogen-bond acceptors (Lipinski definition) is 3. The van der Waals surface area contributed by atoms with Gasteiger partial charge in [-0.15, -0.1) is 0 Å². The monoisotopic (exact) mass is 211 g/mol. The van der Waals surface area contributed by atoms with Crippen LogP contribution < -0.4 is 11.1 Å². The van der Waals surface area contributed by atoms with Crippen LogP contribution in [-0.4, -0.2) is 42.5 Å². The molecule has 1 amide bonds. The first-order chi connectivity index (χ1) is 7.22. The lowest BCUT2D eigenvalue weighted by atomic mass is 9.90. The number of nitrogens with two attached hydrogens (primary N) is 1. The number of likely N-dealkylation sites (tertiary alicyclic amines) is 1. The Hall–Kier alpha value is -0.610. The molecule has 0 bridgehead atoms. The molecule has 0 aromatic carbocycles. The summed E-state index contributed by atoms with van der Waals surface area (Å²) in [6.45, 7) is 0.870. The second kappa shape index (κ2) is 4.49. The number of amides is 1. The summed E-state index contributed by atoms with van der Waals surface area (Å²) in [5, 5.41) is 3.31. The van der Waals surface area contributed by atoms with Crippen molar-refractivity contribution in [1.82, 2.24) is 10.2 Å². The maximum Gasteiger partial charge on any atom is 0.239 e. The summed E-state index contributed by atoms with van der Waals surface area (Å²) < 4.78 is 0. The van der Waals surface area contributed by atoms with Crippen LogP contribution in [0.3, 0.4) is 0 Å². The molecule has 0 radical (unpaired) electrons. The Morgan fingerprint density at radius 3 is 2.40 bits per heavy atom. The number of nitrogens with zero attached hydrogens (tertiary/aromatic N) is 1. The zero-order valence-electron chi connectivity index (χ0n) is 9.41. The van der Waals surface area contributed by atoms with Gasteiger partial charge in [0.05, 0.1) is 6.04 Å². The van der Waals surface area contributed by atoms with Gasteiger partial charge in [-0.1, -0.05) is 0 Å². The molecule has 2 fully saturated rings. The zero-order valence-corrected chi connectivity index (χ0v) is 9.41. The van der Waals surface area contributed by atoms with Crippen molar-refractivity contribution in [3.8, 4) is 0 Å². The van der Waals surface area contributed by atoms with Crippen LogP contribution in [0.2, 0.25) is 0 Å². The highest BCUT2D eigenvalue weighted by Crippen LogP contribution is 2.26. The Morgan fingerprint density at radius 2 is 1.93 bits per heavy atom. The minimum Gasteiger partial charge on any atom is -0.338 e. The maximum absolute atomic E-state index is 11.7. The van der Waals surface area contributed by atoms with Crippen LogP contribution in [0.15, 0.2) is 0 Å². The fourth-order valence-corrected chi connectivity index (χ4v) is 2.76. The first kappa shape index (κ1) is 10.9. The molecule has 0 aromatic rings. The quantitative estimate of drug-likeness (QED) is 0.680. The third-order valence-corrected chi connectivity index (χ3v) is 3.83. The van der Waals surface area contributed by atoms with Gasteiger partial charge in [-0.3, -0.25) is 4.79 Å². The van der Waals surface area contributed by atoms with Crippen LogP contribution >= 0.6 is 0 Å². The molecule has 4 heteroatoms. The third kappa shape index (κ3) is 2.16. The smallest absolute Gasteiger partial charge is 0.239 e. The van der Waals surface area contributed by atoms with Crippen molar-refractivity contribution < 1.29 is 4.79 Å². The van der Waals surface area contributed by atoms with Crippen LogP contribution in [0.1, 0.15) is 32.1 Å². The molecule has 1 atom stereocenters. The Bertz CT molecular complexity index is 236. The molecule has 0 aromatic heterocycles. The molecule has 15 heavy (non-hydrogen) atoms. The summed E-state index contributed by atoms with van der Waals surface area (Å²) in [6.07, 6.45) is 5.46. The predicted octanol–water partition coefficient (Wildman–Crippen LogP) is 0.0766. The zero-order chi connectivity index (χ0) is 10.8. The molecule has 1 unspecified atom stereocenters. The molecule has 3 N–H and O–H groups in total. The lowest BCUT2D eigenvalue weighted by Crippen LogP contribution is -2.44. The molecule has 1 heterocycles. The van der Waals surface area contributed by atoms with E-state index in [1.165, 1.54) is 12.8 Å². The molecule has 1 aliphatic carbocycles. The standard InChI is InChI=1S/C11H21N3O/c1-13-8-2-4-9(5-3-8)14-7-6-10(12)11(14)15/h8-10,13H,2-7,12H2,1H3. The Labute approximate surface area is 91.2 Å². The summed E-state index contributed by atoms with van der Waals surface area (Å²) in [7, 11) is 2.02. The fraction of sp³-hybridized carbons (Fsp3) is 0.909. The second-order valence-corrected chi connectivity index (χ2v) is 4.72. The van der Waals surface area contributed by atoms with E-state index in [0.717, 1.165) is 25.8 Å². The number of nitrogens with one attached hydrogen (secondary N) is 1. The van der Waals surface area contributed by atoms with Crippen LogP contribution in [0.25, 0.3) is 0 Å². The predicted molar refractivity (Wildman–Crippen MR) is 59.4 cm³/mol. The van der Waals surface area contributed by atoms with Gasteiger partial charge in [0.2, 0.25) is 5.91 Å². The van der Waals surface area contributed by atoms with Crippen molar-refractivity contribution in [2.24, 2.45) is 5.73 Å². The molecule has 2 aliphatic rings. The summed E-state index contributed by atoms with van der Waals surface area (Å²) in [6, 6.07) is 0.871. The van der Waals surface area contributed by atoms with E-state index in [9.17, 15) is 4.79 Å². The largest absolute Gasteiger partial charge is 0.338 e. The summed E-state index contributed by atoms with van der Waals surface area (Å²) >= 11 is 0. The van der Waals surface area contributed by atoms with E-state index in [1.807, 2.05) is 11.9 Å². The average molecular weight is 211 g/mol. The van der Waals surface area contributed by atoms with E-state index in [-0.39, 0.29) is 11.9 Å². The number of hydrogen-bond donors (Lipinski definition) is 2. The van der Waals surface area contributed by atoms with Crippen LogP contribution in [-0.2, 0) is 4.79 Å². The third-order valence-electron chi connectivity index (χ3n) is 3.83. The minimum absolute atomic E-state index is 0.169.